The van der Waals surface area contributed by atoms with Crippen LogP contribution in [0.3, 0.4) is 0 Å². The van der Waals surface area contributed by atoms with Gasteiger partial charge in [0.1, 0.15) is 6.79 Å². The zero-order valence-electron chi connectivity index (χ0n) is 10.2. The molecule has 0 fully saturated rings. The van der Waals surface area contributed by atoms with E-state index in [1.54, 1.807) is 0 Å². The summed E-state index contributed by atoms with van der Waals surface area (Å²) in [5.74, 6) is 0. The Hall–Kier alpha value is -0.860. The molecule has 18 heavy (non-hydrogen) atoms. The minimum Gasteiger partial charge on any atom is -0.465 e. The summed E-state index contributed by atoms with van der Waals surface area (Å²) in [7, 11) is 1.53. The van der Waals surface area contributed by atoms with Gasteiger partial charge in [-0.05, 0) is 41.1 Å². The van der Waals surface area contributed by atoms with Crippen molar-refractivity contribution in [2.75, 3.05) is 13.9 Å². The van der Waals surface area contributed by atoms with Gasteiger partial charge in [-0.15, -0.1) is 0 Å². The highest BCUT2D eigenvalue weighted by atomic mass is 127. The number of amides is 1. The highest BCUT2D eigenvalue weighted by Gasteiger charge is 2.23. The second kappa shape index (κ2) is 7.55. The van der Waals surface area contributed by atoms with E-state index in [2.05, 4.69) is 27.9 Å². The molecule has 1 rings (SSSR count). The first-order valence-electron chi connectivity index (χ1n) is 5.40. The number of carboxylic acid groups (broad SMARTS) is 1. The van der Waals surface area contributed by atoms with Crippen LogP contribution >= 0.6 is 22.6 Å². The highest BCUT2D eigenvalue weighted by molar-refractivity contribution is 14.1. The van der Waals surface area contributed by atoms with Crippen LogP contribution in [0.2, 0.25) is 0 Å². The average Bonchev–Trinajstić information content (AvgIpc) is 2.34. The molecule has 5 nitrogen and oxygen atoms in total. The van der Waals surface area contributed by atoms with Gasteiger partial charge in [-0.2, -0.15) is 0 Å². The number of carbonyl (C=O) groups is 1. The maximum absolute atomic E-state index is 10.9. The van der Waals surface area contributed by atoms with Crippen molar-refractivity contribution in [3.8, 4) is 0 Å². The van der Waals surface area contributed by atoms with Crippen LogP contribution in [0.15, 0.2) is 24.3 Å². The smallest absolute Gasteiger partial charge is 0.405 e. The zero-order valence-corrected chi connectivity index (χ0v) is 12.4. The molecule has 1 aromatic carbocycles. The Morgan fingerprint density at radius 1 is 1.50 bits per heavy atom. The Morgan fingerprint density at radius 2 is 2.17 bits per heavy atom. The highest BCUT2D eigenvalue weighted by Crippen LogP contribution is 2.24. The van der Waals surface area contributed by atoms with Crippen molar-refractivity contribution < 1.29 is 19.4 Å². The molecular weight excluding hydrogens is 349 g/mol. The zero-order chi connectivity index (χ0) is 13.5. The third kappa shape index (κ3) is 4.43. The minimum absolute atomic E-state index is 0.127. The minimum atomic E-state index is -1.08. The monoisotopic (exact) mass is 365 g/mol. The topological polar surface area (TPSA) is 67.8 Å². The Balaban J connectivity index is 2.90. The lowest BCUT2D eigenvalue weighted by Gasteiger charge is -2.25. The van der Waals surface area contributed by atoms with Crippen LogP contribution in [0.1, 0.15) is 18.5 Å². The fourth-order valence-corrected chi connectivity index (χ4v) is 2.30. The van der Waals surface area contributed by atoms with E-state index < -0.39 is 12.1 Å². The van der Waals surface area contributed by atoms with Gasteiger partial charge in [0.2, 0.25) is 0 Å². The van der Waals surface area contributed by atoms with Crippen LogP contribution in [0.25, 0.3) is 0 Å². The molecule has 0 aliphatic heterocycles. The first kappa shape index (κ1) is 15.2. The number of hydrogen-bond acceptors (Lipinski definition) is 3. The number of rotatable bonds is 6. The van der Waals surface area contributed by atoms with Crippen LogP contribution in [0, 0.1) is 3.57 Å². The largest absolute Gasteiger partial charge is 0.465 e. The van der Waals surface area contributed by atoms with E-state index in [4.69, 9.17) is 14.6 Å². The van der Waals surface area contributed by atoms with Crippen LogP contribution in [0.4, 0.5) is 4.79 Å². The van der Waals surface area contributed by atoms with Gasteiger partial charge in [-0.25, -0.2) is 4.79 Å². The van der Waals surface area contributed by atoms with Gasteiger partial charge in [-0.3, -0.25) is 0 Å². The number of halogens is 1. The van der Waals surface area contributed by atoms with Gasteiger partial charge in [0, 0.05) is 10.7 Å². The number of methoxy groups -OCH3 is 1. The summed E-state index contributed by atoms with van der Waals surface area (Å²) in [6.07, 6.45) is -1.40. The van der Waals surface area contributed by atoms with E-state index in [1.807, 2.05) is 31.2 Å². The van der Waals surface area contributed by atoms with E-state index >= 15 is 0 Å². The molecule has 100 valence electrons. The lowest BCUT2D eigenvalue weighted by atomic mass is 10.0. The first-order chi connectivity index (χ1) is 8.56. The van der Waals surface area contributed by atoms with Crippen molar-refractivity contribution in [1.29, 1.82) is 0 Å². The molecule has 2 N–H and O–H groups in total. The lowest BCUT2D eigenvalue weighted by Crippen LogP contribution is -2.36. The van der Waals surface area contributed by atoms with E-state index in [-0.39, 0.29) is 12.9 Å². The van der Waals surface area contributed by atoms with Gasteiger partial charge in [-0.1, -0.05) is 18.2 Å². The maximum Gasteiger partial charge on any atom is 0.405 e. The van der Waals surface area contributed by atoms with Crippen LogP contribution in [0.5, 0.6) is 0 Å². The third-order valence-corrected chi connectivity index (χ3v) is 3.42. The number of ether oxygens (including phenoxy) is 2. The summed E-state index contributed by atoms with van der Waals surface area (Å²) in [5.41, 5.74) is 0.893. The van der Waals surface area contributed by atoms with E-state index in [9.17, 15) is 4.79 Å². The number of benzene rings is 1. The summed E-state index contributed by atoms with van der Waals surface area (Å²) >= 11 is 2.17. The Kier molecular flexibility index (Phi) is 6.37. The Morgan fingerprint density at radius 3 is 2.72 bits per heavy atom. The van der Waals surface area contributed by atoms with Gasteiger partial charge < -0.3 is 19.9 Å². The summed E-state index contributed by atoms with van der Waals surface area (Å²) < 4.78 is 11.2. The fraction of sp³-hybridized carbons (Fsp3) is 0.417. The Labute approximate surface area is 120 Å². The van der Waals surface area contributed by atoms with Gasteiger partial charge >= 0.3 is 6.09 Å². The van der Waals surface area contributed by atoms with Gasteiger partial charge in [0.15, 0.2) is 0 Å². The summed E-state index contributed by atoms with van der Waals surface area (Å²) in [6.45, 7) is 1.94. The van der Waals surface area contributed by atoms with Crippen molar-refractivity contribution in [3.05, 3.63) is 33.4 Å². The average molecular weight is 365 g/mol. The molecule has 0 spiro atoms. The molecule has 0 aromatic heterocycles. The lowest BCUT2D eigenvalue weighted by molar-refractivity contribution is -0.0763. The van der Waals surface area contributed by atoms with Crippen molar-refractivity contribution >= 4 is 28.7 Å². The molecule has 0 saturated heterocycles. The van der Waals surface area contributed by atoms with E-state index in [1.165, 1.54) is 7.11 Å². The fourth-order valence-electron chi connectivity index (χ4n) is 1.58. The predicted octanol–water partition coefficient (Wildman–Crippen LogP) is 2.61. The molecule has 0 saturated carbocycles. The first-order valence-corrected chi connectivity index (χ1v) is 6.48. The molecule has 0 aliphatic rings. The Bertz CT molecular complexity index is 399. The molecular formula is C12H16INO4. The van der Waals surface area contributed by atoms with Crippen molar-refractivity contribution in [3.63, 3.8) is 0 Å². The van der Waals surface area contributed by atoms with E-state index in [0.29, 0.717) is 0 Å². The second-order valence-electron chi connectivity index (χ2n) is 3.73. The van der Waals surface area contributed by atoms with Crippen LogP contribution in [-0.2, 0) is 9.47 Å². The number of hydrogen-bond donors (Lipinski definition) is 2. The summed E-state index contributed by atoms with van der Waals surface area (Å²) in [5, 5.41) is 11.4. The standard InChI is InChI=1S/C12H16INO4/c1-8(18-7-17-2)11(14-12(15)16)9-5-3-4-6-10(9)13/h3-6,8,11,14H,7H2,1-2H3,(H,15,16)/t8-,11?/m0/s1. The summed E-state index contributed by atoms with van der Waals surface area (Å²) in [6, 6.07) is 7.16. The normalized spacial score (nSPS) is 13.9. The molecule has 1 unspecified atom stereocenters. The van der Waals surface area contributed by atoms with Gasteiger partial charge in [0.25, 0.3) is 0 Å². The number of nitrogens with one attached hydrogen (secondary N) is 1. The predicted molar refractivity (Wildman–Crippen MR) is 75.5 cm³/mol. The molecule has 1 aromatic rings. The molecule has 1 amide bonds. The quantitative estimate of drug-likeness (QED) is 0.601. The SMILES string of the molecule is COCO[C@@H](C)C(NC(=O)O)c1ccccc1I. The summed E-state index contributed by atoms with van der Waals surface area (Å²) in [4.78, 5) is 10.9. The van der Waals surface area contributed by atoms with E-state index in [0.717, 1.165) is 9.13 Å². The molecule has 6 heteroatoms. The molecule has 0 radical (unpaired) electrons. The second-order valence-corrected chi connectivity index (χ2v) is 4.89. The van der Waals surface area contributed by atoms with Crippen molar-refractivity contribution in [2.24, 2.45) is 0 Å². The van der Waals surface area contributed by atoms with Crippen LogP contribution < -0.4 is 5.32 Å². The third-order valence-electron chi connectivity index (χ3n) is 2.44. The molecule has 2 atom stereocenters. The van der Waals surface area contributed by atoms with Crippen molar-refractivity contribution in [1.82, 2.24) is 5.32 Å². The molecule has 0 aliphatic carbocycles. The van der Waals surface area contributed by atoms with Gasteiger partial charge in [0.05, 0.1) is 12.1 Å². The van der Waals surface area contributed by atoms with Crippen LogP contribution in [-0.4, -0.2) is 31.2 Å². The maximum atomic E-state index is 10.9. The van der Waals surface area contributed by atoms with Crippen molar-refractivity contribution in [2.45, 2.75) is 19.1 Å². The molecule has 0 bridgehead atoms. The molecule has 0 heterocycles.